The summed E-state index contributed by atoms with van der Waals surface area (Å²) in [6, 6.07) is 3.06. The SMILES string of the molecule is CC(CCN)CCC(=O)Nc1ccc(F)cc1F. The van der Waals surface area contributed by atoms with Crippen LogP contribution in [-0.2, 0) is 4.79 Å². The number of nitrogens with one attached hydrogen (secondary N) is 1. The van der Waals surface area contributed by atoms with Gasteiger partial charge >= 0.3 is 0 Å². The van der Waals surface area contributed by atoms with E-state index < -0.39 is 11.6 Å². The second-order valence-electron chi connectivity index (χ2n) is 4.39. The van der Waals surface area contributed by atoms with Crippen LogP contribution in [0.5, 0.6) is 0 Å². The topological polar surface area (TPSA) is 55.1 Å². The van der Waals surface area contributed by atoms with Crippen LogP contribution in [0.1, 0.15) is 26.2 Å². The molecule has 3 nitrogen and oxygen atoms in total. The number of carbonyl (C=O) groups is 1. The molecule has 100 valence electrons. The maximum atomic E-state index is 13.3. The number of amides is 1. The van der Waals surface area contributed by atoms with Gasteiger partial charge in [0.05, 0.1) is 5.69 Å². The third kappa shape index (κ3) is 4.79. The van der Waals surface area contributed by atoms with Gasteiger partial charge in [0.15, 0.2) is 0 Å². The highest BCUT2D eigenvalue weighted by Crippen LogP contribution is 2.16. The molecule has 0 aliphatic carbocycles. The molecule has 1 amide bonds. The van der Waals surface area contributed by atoms with Gasteiger partial charge in [-0.3, -0.25) is 4.79 Å². The first-order valence-electron chi connectivity index (χ1n) is 5.98. The second-order valence-corrected chi connectivity index (χ2v) is 4.39. The Balaban J connectivity index is 2.44. The van der Waals surface area contributed by atoms with Gasteiger partial charge in [0.1, 0.15) is 11.6 Å². The molecule has 0 bridgehead atoms. The molecule has 1 atom stereocenters. The van der Waals surface area contributed by atoms with Crippen LogP contribution in [0.15, 0.2) is 18.2 Å². The quantitative estimate of drug-likeness (QED) is 0.822. The minimum Gasteiger partial charge on any atom is -0.330 e. The average molecular weight is 256 g/mol. The van der Waals surface area contributed by atoms with E-state index >= 15 is 0 Å². The molecule has 0 spiro atoms. The number of rotatable bonds is 6. The number of halogens is 2. The molecule has 0 radical (unpaired) electrons. The lowest BCUT2D eigenvalue weighted by Crippen LogP contribution is -2.14. The summed E-state index contributed by atoms with van der Waals surface area (Å²) in [5.74, 6) is -1.34. The van der Waals surface area contributed by atoms with Crippen LogP contribution in [-0.4, -0.2) is 12.5 Å². The van der Waals surface area contributed by atoms with E-state index in [-0.39, 0.29) is 11.6 Å². The second kappa shape index (κ2) is 7.06. The monoisotopic (exact) mass is 256 g/mol. The van der Waals surface area contributed by atoms with E-state index in [4.69, 9.17) is 5.73 Å². The van der Waals surface area contributed by atoms with Crippen molar-refractivity contribution in [3.63, 3.8) is 0 Å². The highest BCUT2D eigenvalue weighted by atomic mass is 19.1. The third-order valence-electron chi connectivity index (χ3n) is 2.73. The minimum absolute atomic E-state index is 0.00729. The van der Waals surface area contributed by atoms with Gasteiger partial charge in [-0.25, -0.2) is 8.78 Å². The smallest absolute Gasteiger partial charge is 0.224 e. The van der Waals surface area contributed by atoms with Gasteiger partial charge in [-0.1, -0.05) is 6.92 Å². The summed E-state index contributed by atoms with van der Waals surface area (Å²) in [5.41, 5.74) is 5.42. The predicted molar refractivity (Wildman–Crippen MR) is 67.1 cm³/mol. The summed E-state index contributed by atoms with van der Waals surface area (Å²) >= 11 is 0. The van der Waals surface area contributed by atoms with Gasteiger partial charge in [-0.05, 0) is 37.4 Å². The average Bonchev–Trinajstić information content (AvgIpc) is 2.31. The van der Waals surface area contributed by atoms with Crippen LogP contribution in [0, 0.1) is 17.6 Å². The maximum absolute atomic E-state index is 13.3. The zero-order valence-electron chi connectivity index (χ0n) is 10.4. The minimum atomic E-state index is -0.765. The normalized spacial score (nSPS) is 12.2. The van der Waals surface area contributed by atoms with Gasteiger partial charge in [-0.15, -0.1) is 0 Å². The first-order chi connectivity index (χ1) is 8.52. The van der Waals surface area contributed by atoms with Gasteiger partial charge in [-0.2, -0.15) is 0 Å². The van der Waals surface area contributed by atoms with Crippen LogP contribution in [0.25, 0.3) is 0 Å². The fraction of sp³-hybridized carbons (Fsp3) is 0.462. The zero-order valence-corrected chi connectivity index (χ0v) is 10.4. The van der Waals surface area contributed by atoms with Crippen LogP contribution in [0.3, 0.4) is 0 Å². The summed E-state index contributed by atoms with van der Waals surface area (Å²) in [4.78, 5) is 11.6. The van der Waals surface area contributed by atoms with Gasteiger partial charge in [0.25, 0.3) is 0 Å². The summed E-state index contributed by atoms with van der Waals surface area (Å²) in [6.45, 7) is 2.61. The standard InChI is InChI=1S/C13H18F2N2O/c1-9(6-7-16)2-5-13(18)17-12-4-3-10(14)8-11(12)15/h3-4,8-9H,2,5-7,16H2,1H3,(H,17,18). The Morgan fingerprint density at radius 2 is 2.11 bits per heavy atom. The lowest BCUT2D eigenvalue weighted by atomic mass is 10.0. The van der Waals surface area contributed by atoms with Crippen molar-refractivity contribution in [1.82, 2.24) is 0 Å². The van der Waals surface area contributed by atoms with Crippen LogP contribution < -0.4 is 11.1 Å². The molecule has 1 unspecified atom stereocenters. The molecule has 0 saturated carbocycles. The Bertz CT molecular complexity index is 410. The molecule has 5 heteroatoms. The third-order valence-corrected chi connectivity index (χ3v) is 2.73. The maximum Gasteiger partial charge on any atom is 0.224 e. The molecule has 0 aliphatic rings. The van der Waals surface area contributed by atoms with Crippen molar-refractivity contribution >= 4 is 11.6 Å². The summed E-state index contributed by atoms with van der Waals surface area (Å²) in [7, 11) is 0. The van der Waals surface area contributed by atoms with Gasteiger partial charge in [0.2, 0.25) is 5.91 Å². The number of hydrogen-bond donors (Lipinski definition) is 2. The lowest BCUT2D eigenvalue weighted by Gasteiger charge is -2.10. The predicted octanol–water partition coefficient (Wildman–Crippen LogP) is 2.67. The van der Waals surface area contributed by atoms with Gasteiger partial charge in [0, 0.05) is 12.5 Å². The van der Waals surface area contributed by atoms with Crippen molar-refractivity contribution in [2.75, 3.05) is 11.9 Å². The summed E-state index contributed by atoms with van der Waals surface area (Å²) in [5, 5.41) is 2.42. The van der Waals surface area contributed by atoms with Crippen molar-refractivity contribution in [1.29, 1.82) is 0 Å². The van der Waals surface area contributed by atoms with E-state index in [2.05, 4.69) is 5.32 Å². The van der Waals surface area contributed by atoms with Crippen molar-refractivity contribution in [3.8, 4) is 0 Å². The molecule has 0 saturated heterocycles. The van der Waals surface area contributed by atoms with E-state index in [1.807, 2.05) is 6.92 Å². The van der Waals surface area contributed by atoms with Crippen LogP contribution in [0.2, 0.25) is 0 Å². The zero-order chi connectivity index (χ0) is 13.5. The molecule has 0 aromatic heterocycles. The molecule has 0 fully saturated rings. The van der Waals surface area contributed by atoms with E-state index in [0.29, 0.717) is 25.3 Å². The molecule has 18 heavy (non-hydrogen) atoms. The van der Waals surface area contributed by atoms with E-state index in [1.165, 1.54) is 6.07 Å². The van der Waals surface area contributed by atoms with E-state index in [1.54, 1.807) is 0 Å². The number of benzene rings is 1. The first kappa shape index (κ1) is 14.6. The number of nitrogens with two attached hydrogens (primary N) is 1. The Kier molecular flexibility index (Phi) is 5.71. The molecule has 3 N–H and O–H groups in total. The Hall–Kier alpha value is -1.49. The Labute approximate surface area is 105 Å². The molecular formula is C13H18F2N2O. The lowest BCUT2D eigenvalue weighted by molar-refractivity contribution is -0.116. The summed E-state index contributed by atoms with van der Waals surface area (Å²) in [6.07, 6.45) is 1.86. The Morgan fingerprint density at radius 1 is 1.39 bits per heavy atom. The fourth-order valence-electron chi connectivity index (χ4n) is 1.61. The molecule has 1 aromatic rings. The first-order valence-corrected chi connectivity index (χ1v) is 5.98. The van der Waals surface area contributed by atoms with Gasteiger partial charge < -0.3 is 11.1 Å². The number of hydrogen-bond acceptors (Lipinski definition) is 2. The molecular weight excluding hydrogens is 238 g/mol. The van der Waals surface area contributed by atoms with Crippen molar-refractivity contribution in [2.24, 2.45) is 11.7 Å². The largest absolute Gasteiger partial charge is 0.330 e. The van der Waals surface area contributed by atoms with Crippen LogP contribution in [0.4, 0.5) is 14.5 Å². The van der Waals surface area contributed by atoms with Crippen LogP contribution >= 0.6 is 0 Å². The van der Waals surface area contributed by atoms with Crippen molar-refractivity contribution in [2.45, 2.75) is 26.2 Å². The van der Waals surface area contributed by atoms with Crippen molar-refractivity contribution < 1.29 is 13.6 Å². The van der Waals surface area contributed by atoms with E-state index in [0.717, 1.165) is 18.6 Å². The summed E-state index contributed by atoms with van der Waals surface area (Å²) < 4.78 is 25.9. The highest BCUT2D eigenvalue weighted by Gasteiger charge is 2.09. The molecule has 0 aliphatic heterocycles. The Morgan fingerprint density at radius 3 is 2.72 bits per heavy atom. The van der Waals surface area contributed by atoms with Crippen molar-refractivity contribution in [3.05, 3.63) is 29.8 Å². The molecule has 1 aromatic carbocycles. The van der Waals surface area contributed by atoms with E-state index in [9.17, 15) is 13.6 Å². The molecule has 0 heterocycles. The number of anilines is 1. The highest BCUT2D eigenvalue weighted by molar-refractivity contribution is 5.90. The fourth-order valence-corrected chi connectivity index (χ4v) is 1.61. The molecule has 1 rings (SSSR count). The number of carbonyl (C=O) groups excluding carboxylic acids is 1.